The van der Waals surface area contributed by atoms with Crippen LogP contribution in [0.2, 0.25) is 0 Å². The van der Waals surface area contributed by atoms with Gasteiger partial charge in [-0.15, -0.1) is 0 Å². The number of hydrogen-bond acceptors (Lipinski definition) is 4. The van der Waals surface area contributed by atoms with E-state index < -0.39 is 0 Å². The molecule has 0 saturated heterocycles. The van der Waals surface area contributed by atoms with Crippen molar-refractivity contribution in [2.45, 2.75) is 32.7 Å². The smallest absolute Gasteiger partial charge is 0.246 e. The van der Waals surface area contributed by atoms with Crippen LogP contribution in [0.3, 0.4) is 0 Å². The van der Waals surface area contributed by atoms with E-state index in [9.17, 15) is 4.79 Å². The minimum absolute atomic E-state index is 0.0574. The van der Waals surface area contributed by atoms with Gasteiger partial charge in [-0.1, -0.05) is 46.2 Å². The summed E-state index contributed by atoms with van der Waals surface area (Å²) in [6, 6.07) is 7.93. The standard InChI is InChI=1S/C15H18BrN3O2/c1-3-13-17-14(21-18-13)10-19(2)15(20)9-8-11-6-4-5-7-12(11)16/h4-7H,3,8-10H2,1-2H3. The molecule has 1 aromatic heterocycles. The maximum atomic E-state index is 12.1. The summed E-state index contributed by atoms with van der Waals surface area (Å²) in [7, 11) is 1.75. The van der Waals surface area contributed by atoms with Crippen molar-refractivity contribution < 1.29 is 9.32 Å². The van der Waals surface area contributed by atoms with Crippen LogP contribution in [0.25, 0.3) is 0 Å². The Morgan fingerprint density at radius 2 is 2.14 bits per heavy atom. The van der Waals surface area contributed by atoms with Crippen LogP contribution in [0.15, 0.2) is 33.3 Å². The molecule has 0 aliphatic carbocycles. The summed E-state index contributed by atoms with van der Waals surface area (Å²) in [6.07, 6.45) is 1.88. The van der Waals surface area contributed by atoms with Crippen LogP contribution < -0.4 is 0 Å². The molecule has 0 spiro atoms. The monoisotopic (exact) mass is 351 g/mol. The molecule has 2 aromatic rings. The Labute approximate surface area is 132 Å². The zero-order valence-corrected chi connectivity index (χ0v) is 13.8. The number of benzene rings is 1. The Morgan fingerprint density at radius 1 is 1.38 bits per heavy atom. The average Bonchev–Trinajstić information content (AvgIpc) is 2.93. The van der Waals surface area contributed by atoms with Crippen LogP contribution in [-0.2, 0) is 24.2 Å². The number of carbonyl (C=O) groups excluding carboxylic acids is 1. The minimum atomic E-state index is 0.0574. The first-order chi connectivity index (χ1) is 10.1. The van der Waals surface area contributed by atoms with Gasteiger partial charge in [-0.2, -0.15) is 4.98 Å². The third-order valence-electron chi connectivity index (χ3n) is 3.19. The van der Waals surface area contributed by atoms with E-state index in [0.717, 1.165) is 16.5 Å². The molecular formula is C15H18BrN3O2. The Morgan fingerprint density at radius 3 is 2.81 bits per heavy atom. The Kier molecular flexibility index (Phi) is 5.50. The van der Waals surface area contributed by atoms with Crippen molar-refractivity contribution in [2.75, 3.05) is 7.05 Å². The molecule has 0 radical (unpaired) electrons. The van der Waals surface area contributed by atoms with Gasteiger partial charge in [0, 0.05) is 24.4 Å². The molecule has 0 aliphatic rings. The van der Waals surface area contributed by atoms with Gasteiger partial charge in [0.05, 0.1) is 6.54 Å². The van der Waals surface area contributed by atoms with Crippen molar-refractivity contribution in [3.05, 3.63) is 46.0 Å². The molecule has 0 unspecified atom stereocenters. The molecule has 0 bridgehead atoms. The second kappa shape index (κ2) is 7.36. The van der Waals surface area contributed by atoms with Crippen molar-refractivity contribution in [1.29, 1.82) is 0 Å². The summed E-state index contributed by atoms with van der Waals surface area (Å²) in [6.45, 7) is 2.31. The van der Waals surface area contributed by atoms with Gasteiger partial charge < -0.3 is 9.42 Å². The molecule has 1 amide bonds. The topological polar surface area (TPSA) is 59.2 Å². The zero-order valence-electron chi connectivity index (χ0n) is 12.2. The quantitative estimate of drug-likeness (QED) is 0.802. The fourth-order valence-corrected chi connectivity index (χ4v) is 2.41. The first-order valence-corrected chi connectivity index (χ1v) is 7.68. The van der Waals surface area contributed by atoms with Crippen LogP contribution in [0.1, 0.15) is 30.6 Å². The normalized spacial score (nSPS) is 10.6. The van der Waals surface area contributed by atoms with E-state index in [1.54, 1.807) is 11.9 Å². The third kappa shape index (κ3) is 4.39. The SMILES string of the molecule is CCc1noc(CN(C)C(=O)CCc2ccccc2Br)n1. The maximum absolute atomic E-state index is 12.1. The highest BCUT2D eigenvalue weighted by atomic mass is 79.9. The summed E-state index contributed by atoms with van der Waals surface area (Å²) in [5.41, 5.74) is 1.13. The summed E-state index contributed by atoms with van der Waals surface area (Å²) >= 11 is 3.49. The lowest BCUT2D eigenvalue weighted by Gasteiger charge is -2.14. The van der Waals surface area contributed by atoms with E-state index in [0.29, 0.717) is 31.1 Å². The molecule has 0 N–H and O–H groups in total. The largest absolute Gasteiger partial charge is 0.337 e. The molecule has 21 heavy (non-hydrogen) atoms. The summed E-state index contributed by atoms with van der Waals surface area (Å²) in [5.74, 6) is 1.20. The van der Waals surface area contributed by atoms with Crippen LogP contribution in [0.5, 0.6) is 0 Å². The van der Waals surface area contributed by atoms with Crippen LogP contribution in [0.4, 0.5) is 0 Å². The fourth-order valence-electron chi connectivity index (χ4n) is 1.92. The van der Waals surface area contributed by atoms with Crippen molar-refractivity contribution in [1.82, 2.24) is 15.0 Å². The lowest BCUT2D eigenvalue weighted by molar-refractivity contribution is -0.130. The van der Waals surface area contributed by atoms with Gasteiger partial charge in [-0.25, -0.2) is 0 Å². The number of carbonyl (C=O) groups is 1. The number of hydrogen-bond donors (Lipinski definition) is 0. The predicted molar refractivity (Wildman–Crippen MR) is 82.6 cm³/mol. The highest BCUT2D eigenvalue weighted by Gasteiger charge is 2.14. The molecule has 112 valence electrons. The lowest BCUT2D eigenvalue weighted by atomic mass is 10.1. The van der Waals surface area contributed by atoms with E-state index in [4.69, 9.17) is 4.52 Å². The number of nitrogens with zero attached hydrogens (tertiary/aromatic N) is 3. The van der Waals surface area contributed by atoms with Crippen molar-refractivity contribution in [3.63, 3.8) is 0 Å². The second-order valence-corrected chi connectivity index (χ2v) is 5.65. The van der Waals surface area contributed by atoms with Crippen LogP contribution in [-0.4, -0.2) is 28.0 Å². The number of halogens is 1. The van der Waals surface area contributed by atoms with Gasteiger partial charge in [0.15, 0.2) is 5.82 Å². The molecule has 0 aliphatic heterocycles. The molecule has 1 aromatic carbocycles. The molecule has 2 rings (SSSR count). The number of aryl methyl sites for hydroxylation is 2. The predicted octanol–water partition coefficient (Wildman–Crippen LogP) is 2.99. The molecular weight excluding hydrogens is 334 g/mol. The first-order valence-electron chi connectivity index (χ1n) is 6.89. The number of rotatable bonds is 6. The van der Waals surface area contributed by atoms with Crippen molar-refractivity contribution in [2.24, 2.45) is 0 Å². The second-order valence-electron chi connectivity index (χ2n) is 4.80. The number of aromatic nitrogens is 2. The van der Waals surface area contributed by atoms with Crippen molar-refractivity contribution in [3.8, 4) is 0 Å². The average molecular weight is 352 g/mol. The van der Waals surface area contributed by atoms with E-state index >= 15 is 0 Å². The van der Waals surface area contributed by atoms with E-state index in [2.05, 4.69) is 26.1 Å². The zero-order chi connectivity index (χ0) is 15.2. The molecule has 6 heteroatoms. The highest BCUT2D eigenvalue weighted by Crippen LogP contribution is 2.17. The van der Waals surface area contributed by atoms with Crippen LogP contribution >= 0.6 is 15.9 Å². The Hall–Kier alpha value is -1.69. The van der Waals surface area contributed by atoms with Crippen molar-refractivity contribution >= 4 is 21.8 Å². The molecule has 0 atom stereocenters. The number of amides is 1. The Balaban J connectivity index is 1.86. The molecule has 0 fully saturated rings. The molecule has 0 saturated carbocycles. The highest BCUT2D eigenvalue weighted by molar-refractivity contribution is 9.10. The fraction of sp³-hybridized carbons (Fsp3) is 0.400. The van der Waals surface area contributed by atoms with Gasteiger partial charge in [0.1, 0.15) is 0 Å². The third-order valence-corrected chi connectivity index (χ3v) is 3.96. The van der Waals surface area contributed by atoms with E-state index in [1.165, 1.54) is 0 Å². The van der Waals surface area contributed by atoms with Gasteiger partial charge >= 0.3 is 0 Å². The summed E-state index contributed by atoms with van der Waals surface area (Å²) in [4.78, 5) is 17.9. The van der Waals surface area contributed by atoms with E-state index in [1.807, 2.05) is 31.2 Å². The van der Waals surface area contributed by atoms with Gasteiger partial charge in [-0.05, 0) is 18.1 Å². The summed E-state index contributed by atoms with van der Waals surface area (Å²) in [5, 5.41) is 3.82. The van der Waals surface area contributed by atoms with Gasteiger partial charge in [-0.3, -0.25) is 4.79 Å². The van der Waals surface area contributed by atoms with Gasteiger partial charge in [0.25, 0.3) is 0 Å². The maximum Gasteiger partial charge on any atom is 0.246 e. The van der Waals surface area contributed by atoms with Crippen LogP contribution in [0, 0.1) is 0 Å². The van der Waals surface area contributed by atoms with Gasteiger partial charge in [0.2, 0.25) is 11.8 Å². The lowest BCUT2D eigenvalue weighted by Crippen LogP contribution is -2.26. The molecule has 1 heterocycles. The summed E-state index contributed by atoms with van der Waals surface area (Å²) < 4.78 is 6.13. The Bertz CT molecular complexity index is 612. The minimum Gasteiger partial charge on any atom is -0.337 e. The first kappa shape index (κ1) is 15.7. The van der Waals surface area contributed by atoms with E-state index in [-0.39, 0.29) is 5.91 Å². The molecule has 5 nitrogen and oxygen atoms in total.